The van der Waals surface area contributed by atoms with Gasteiger partial charge in [-0.25, -0.2) is 5.01 Å². The predicted octanol–water partition coefficient (Wildman–Crippen LogP) is 4.19. The van der Waals surface area contributed by atoms with Crippen molar-refractivity contribution >= 4 is 11.6 Å². The Morgan fingerprint density at radius 3 is 2.32 bits per heavy atom. The van der Waals surface area contributed by atoms with Gasteiger partial charge in [0.15, 0.2) is 0 Å². The molecule has 148 valence electrons. The fraction of sp³-hybridized carbons (Fsp3) is 0.364. The molecule has 0 aromatic heterocycles. The minimum Gasteiger partial charge on any atom is -0.497 e. The van der Waals surface area contributed by atoms with Gasteiger partial charge in [-0.1, -0.05) is 19.1 Å². The van der Waals surface area contributed by atoms with Crippen molar-refractivity contribution in [3.63, 3.8) is 0 Å². The minimum atomic E-state index is -0.147. The maximum atomic E-state index is 12.7. The molecule has 1 atom stereocenters. The van der Waals surface area contributed by atoms with Crippen molar-refractivity contribution in [2.75, 3.05) is 21.3 Å². The first-order chi connectivity index (χ1) is 13.6. The van der Waals surface area contributed by atoms with Crippen molar-refractivity contribution in [1.82, 2.24) is 5.01 Å². The normalized spacial score (nSPS) is 15.9. The fourth-order valence-corrected chi connectivity index (χ4v) is 3.35. The third kappa shape index (κ3) is 3.96. The Kier molecular flexibility index (Phi) is 6.19. The molecule has 1 amide bonds. The second-order valence-corrected chi connectivity index (χ2v) is 6.59. The number of ether oxygens (including phenoxy) is 3. The van der Waals surface area contributed by atoms with Crippen molar-refractivity contribution in [3.8, 4) is 17.2 Å². The van der Waals surface area contributed by atoms with Gasteiger partial charge in [0.2, 0.25) is 5.91 Å². The summed E-state index contributed by atoms with van der Waals surface area (Å²) in [5.74, 6) is 2.19. The first-order valence-corrected chi connectivity index (χ1v) is 9.37. The van der Waals surface area contributed by atoms with Crippen LogP contribution in [0.5, 0.6) is 17.2 Å². The number of hydrogen-bond acceptors (Lipinski definition) is 5. The highest BCUT2D eigenvalue weighted by Crippen LogP contribution is 2.37. The van der Waals surface area contributed by atoms with E-state index in [2.05, 4.69) is 5.10 Å². The Morgan fingerprint density at radius 1 is 1.04 bits per heavy atom. The summed E-state index contributed by atoms with van der Waals surface area (Å²) in [5.41, 5.74) is 2.72. The van der Waals surface area contributed by atoms with Gasteiger partial charge in [0.1, 0.15) is 17.2 Å². The van der Waals surface area contributed by atoms with E-state index in [4.69, 9.17) is 14.2 Å². The number of methoxy groups -OCH3 is 3. The van der Waals surface area contributed by atoms with Crippen LogP contribution in [-0.4, -0.2) is 38.0 Å². The molecule has 0 radical (unpaired) electrons. The van der Waals surface area contributed by atoms with E-state index in [1.807, 2.05) is 49.4 Å². The molecule has 0 spiro atoms. The fourth-order valence-electron chi connectivity index (χ4n) is 3.35. The van der Waals surface area contributed by atoms with Gasteiger partial charge in [0.05, 0.1) is 33.1 Å². The molecule has 0 saturated heterocycles. The van der Waals surface area contributed by atoms with Crippen molar-refractivity contribution in [3.05, 3.63) is 53.6 Å². The lowest BCUT2D eigenvalue weighted by atomic mass is 9.97. The summed E-state index contributed by atoms with van der Waals surface area (Å²) in [6, 6.07) is 13.3. The zero-order valence-corrected chi connectivity index (χ0v) is 16.8. The SMILES string of the molecule is CCCC(=O)N1N=C(c2ccc(OC)cc2OC)CC1c1ccc(OC)cc1. The lowest BCUT2D eigenvalue weighted by Crippen LogP contribution is -2.26. The predicted molar refractivity (Wildman–Crippen MR) is 108 cm³/mol. The van der Waals surface area contributed by atoms with Crippen molar-refractivity contribution < 1.29 is 19.0 Å². The van der Waals surface area contributed by atoms with E-state index in [0.29, 0.717) is 24.3 Å². The van der Waals surface area contributed by atoms with Crippen LogP contribution in [0, 0.1) is 0 Å². The molecule has 0 bridgehead atoms. The first-order valence-electron chi connectivity index (χ1n) is 9.37. The van der Waals surface area contributed by atoms with E-state index in [1.54, 1.807) is 26.3 Å². The lowest BCUT2D eigenvalue weighted by Gasteiger charge is -2.22. The van der Waals surface area contributed by atoms with Crippen LogP contribution in [0.1, 0.15) is 43.4 Å². The van der Waals surface area contributed by atoms with Gasteiger partial charge in [-0.3, -0.25) is 4.79 Å². The van der Waals surface area contributed by atoms with Gasteiger partial charge < -0.3 is 14.2 Å². The Labute approximate surface area is 165 Å². The average Bonchev–Trinajstić information content (AvgIpc) is 3.18. The molecule has 3 rings (SSSR count). The highest BCUT2D eigenvalue weighted by Gasteiger charge is 2.33. The van der Waals surface area contributed by atoms with E-state index in [-0.39, 0.29) is 11.9 Å². The molecule has 1 aliphatic rings. The minimum absolute atomic E-state index is 0.0193. The molecule has 1 aliphatic heterocycles. The van der Waals surface area contributed by atoms with E-state index in [1.165, 1.54) is 0 Å². The monoisotopic (exact) mass is 382 g/mol. The number of carbonyl (C=O) groups excluding carboxylic acids is 1. The second-order valence-electron chi connectivity index (χ2n) is 6.59. The van der Waals surface area contributed by atoms with Gasteiger partial charge >= 0.3 is 0 Å². The summed E-state index contributed by atoms with van der Waals surface area (Å²) in [5, 5.41) is 6.31. The molecule has 0 saturated carbocycles. The van der Waals surface area contributed by atoms with E-state index in [0.717, 1.165) is 29.0 Å². The van der Waals surface area contributed by atoms with E-state index in [9.17, 15) is 4.79 Å². The highest BCUT2D eigenvalue weighted by atomic mass is 16.5. The summed E-state index contributed by atoms with van der Waals surface area (Å²) < 4.78 is 16.1. The number of nitrogens with zero attached hydrogens (tertiary/aromatic N) is 2. The number of benzene rings is 2. The number of amides is 1. The molecular weight excluding hydrogens is 356 g/mol. The van der Waals surface area contributed by atoms with Crippen molar-refractivity contribution in [2.24, 2.45) is 5.10 Å². The maximum absolute atomic E-state index is 12.7. The van der Waals surface area contributed by atoms with Crippen LogP contribution >= 0.6 is 0 Å². The zero-order chi connectivity index (χ0) is 20.1. The van der Waals surface area contributed by atoms with Gasteiger partial charge in [0, 0.05) is 24.5 Å². The maximum Gasteiger partial charge on any atom is 0.243 e. The third-order valence-electron chi connectivity index (χ3n) is 4.85. The van der Waals surface area contributed by atoms with Crippen molar-refractivity contribution in [2.45, 2.75) is 32.2 Å². The van der Waals surface area contributed by atoms with E-state index >= 15 is 0 Å². The molecule has 6 nitrogen and oxygen atoms in total. The van der Waals surface area contributed by atoms with Crippen LogP contribution in [-0.2, 0) is 4.79 Å². The van der Waals surface area contributed by atoms with Crippen LogP contribution < -0.4 is 14.2 Å². The summed E-state index contributed by atoms with van der Waals surface area (Å²) in [6.07, 6.45) is 1.86. The third-order valence-corrected chi connectivity index (χ3v) is 4.85. The van der Waals surface area contributed by atoms with E-state index < -0.39 is 0 Å². The Balaban J connectivity index is 1.97. The van der Waals surface area contributed by atoms with Crippen LogP contribution in [0.25, 0.3) is 0 Å². The molecule has 2 aromatic rings. The molecule has 0 fully saturated rings. The van der Waals surface area contributed by atoms with Crippen LogP contribution in [0.4, 0.5) is 0 Å². The number of hydrazone groups is 1. The second kappa shape index (κ2) is 8.78. The summed E-state index contributed by atoms with van der Waals surface area (Å²) >= 11 is 0. The average molecular weight is 382 g/mol. The quantitative estimate of drug-likeness (QED) is 0.720. The standard InChI is InChI=1S/C22H26N2O4/c1-5-6-22(25)24-20(15-7-9-16(26-2)10-8-15)14-19(23-24)18-12-11-17(27-3)13-21(18)28-4/h7-13,20H,5-6,14H2,1-4H3. The largest absolute Gasteiger partial charge is 0.497 e. The highest BCUT2D eigenvalue weighted by molar-refractivity contribution is 6.05. The van der Waals surface area contributed by atoms with Gasteiger partial charge in [-0.2, -0.15) is 5.10 Å². The number of hydrogen-bond donors (Lipinski definition) is 0. The molecule has 1 heterocycles. The number of carbonyl (C=O) groups is 1. The Hall–Kier alpha value is -3.02. The summed E-state index contributed by atoms with van der Waals surface area (Å²) in [4.78, 5) is 12.7. The van der Waals surface area contributed by atoms with Crippen LogP contribution in [0.15, 0.2) is 47.6 Å². The molecule has 2 aromatic carbocycles. The van der Waals surface area contributed by atoms with Gasteiger partial charge in [-0.05, 0) is 36.2 Å². The molecule has 1 unspecified atom stereocenters. The zero-order valence-electron chi connectivity index (χ0n) is 16.8. The van der Waals surface area contributed by atoms with Crippen LogP contribution in [0.3, 0.4) is 0 Å². The van der Waals surface area contributed by atoms with Crippen LogP contribution in [0.2, 0.25) is 0 Å². The molecule has 0 N–H and O–H groups in total. The molecule has 28 heavy (non-hydrogen) atoms. The Morgan fingerprint density at radius 2 is 1.71 bits per heavy atom. The van der Waals surface area contributed by atoms with Gasteiger partial charge in [-0.15, -0.1) is 0 Å². The Bertz CT molecular complexity index is 861. The van der Waals surface area contributed by atoms with Crippen molar-refractivity contribution in [1.29, 1.82) is 0 Å². The topological polar surface area (TPSA) is 60.4 Å². The lowest BCUT2D eigenvalue weighted by molar-refractivity contribution is -0.133. The number of rotatable bonds is 7. The summed E-state index contributed by atoms with van der Waals surface area (Å²) in [7, 11) is 4.87. The summed E-state index contributed by atoms with van der Waals surface area (Å²) in [6.45, 7) is 1.99. The molecular formula is C22H26N2O4. The molecule has 6 heteroatoms. The smallest absolute Gasteiger partial charge is 0.243 e. The first kappa shape index (κ1) is 19.7. The van der Waals surface area contributed by atoms with Gasteiger partial charge in [0.25, 0.3) is 0 Å². The molecule has 0 aliphatic carbocycles.